The van der Waals surface area contributed by atoms with Gasteiger partial charge in [-0.05, 0) is 76.6 Å². The fourth-order valence-electron chi connectivity index (χ4n) is 10.7. The molecule has 0 saturated carbocycles. The van der Waals surface area contributed by atoms with Crippen molar-refractivity contribution in [3.63, 3.8) is 0 Å². The van der Waals surface area contributed by atoms with E-state index in [1.54, 1.807) is 0 Å². The Hall–Kier alpha value is -7.28. The highest BCUT2D eigenvalue weighted by atomic mass is 15.4. The molecule has 65 heavy (non-hydrogen) atoms. The van der Waals surface area contributed by atoms with Gasteiger partial charge in [0.1, 0.15) is 0 Å². The third-order valence-corrected chi connectivity index (χ3v) is 13.4. The summed E-state index contributed by atoms with van der Waals surface area (Å²) in [5, 5.41) is 15.4. The van der Waals surface area contributed by atoms with Gasteiger partial charge in [0.25, 0.3) is 0 Å². The number of hydrogen-bond donors (Lipinski definition) is 2. The van der Waals surface area contributed by atoms with Gasteiger partial charge in [0, 0.05) is 38.1 Å². The van der Waals surface area contributed by atoms with Gasteiger partial charge in [-0.3, -0.25) is 15.5 Å². The number of nitrogens with zero attached hydrogens (tertiary/aromatic N) is 3. The fraction of sp³-hybridized carbons (Fsp3) is 0.133. The molecule has 13 rings (SSSR count). The van der Waals surface area contributed by atoms with E-state index in [0.717, 1.165) is 0 Å². The highest BCUT2D eigenvalue weighted by molar-refractivity contribution is 6.19. The van der Waals surface area contributed by atoms with Gasteiger partial charge in [0.05, 0.1) is 51.9 Å². The van der Waals surface area contributed by atoms with Crippen molar-refractivity contribution in [2.24, 2.45) is 0 Å². The summed E-state index contributed by atoms with van der Waals surface area (Å²) in [4.78, 5) is 2.43. The summed E-state index contributed by atoms with van der Waals surface area (Å²) in [6.45, 7) is 8.00. The normalized spacial score (nSPS) is 16.7. The Morgan fingerprint density at radius 2 is 0.892 bits per heavy atom. The minimum Gasteiger partial charge on any atom is -0.309 e. The van der Waals surface area contributed by atoms with Gasteiger partial charge in [-0.25, -0.2) is 0 Å². The Labute approximate surface area is 381 Å². The Morgan fingerprint density at radius 1 is 0.354 bits per heavy atom. The molecule has 0 bridgehead atoms. The van der Waals surface area contributed by atoms with E-state index in [4.69, 9.17) is 0 Å². The molecule has 2 aromatic heterocycles. The standard InChI is InChI=1S/C56H41N5.2C2H6/c1-59-55(36-19-6-3-7-20-36)57-54(35-17-4-2-5-18-35)58-56(59)44-31-32-51(38-22-9-8-21-37(38)44)60-48-28-13-12-25-41(48)47-33-45-43-27-16-26-42-39-23-10-14-29-49(39)61(53(42)43)50-30-15-11-24-40(50)46(45)34-52(47)60;2*1-2/h2-34,54-58H,1H3;2*1-2H3. The van der Waals surface area contributed by atoms with Gasteiger partial charge in [-0.2, -0.15) is 0 Å². The van der Waals surface area contributed by atoms with E-state index in [2.05, 4.69) is 232 Å². The van der Waals surface area contributed by atoms with Gasteiger partial charge in [0.15, 0.2) is 0 Å². The fourth-order valence-corrected chi connectivity index (χ4v) is 10.7. The zero-order valence-electron chi connectivity index (χ0n) is 37.6. The molecule has 0 spiro atoms. The Kier molecular flexibility index (Phi) is 10.4. The molecule has 0 aliphatic carbocycles. The van der Waals surface area contributed by atoms with Gasteiger partial charge in [0.2, 0.25) is 0 Å². The van der Waals surface area contributed by atoms with Crippen LogP contribution in [0.25, 0.3) is 88.0 Å². The molecule has 2 aliphatic rings. The Morgan fingerprint density at radius 3 is 1.63 bits per heavy atom. The van der Waals surface area contributed by atoms with Crippen LogP contribution in [0, 0.1) is 0 Å². The lowest BCUT2D eigenvalue weighted by Crippen LogP contribution is -2.54. The second kappa shape index (κ2) is 16.7. The maximum absolute atomic E-state index is 4.02. The third kappa shape index (κ3) is 6.34. The topological polar surface area (TPSA) is 37.2 Å². The van der Waals surface area contributed by atoms with Crippen LogP contribution in [0.15, 0.2) is 200 Å². The first-order valence-electron chi connectivity index (χ1n) is 23.3. The molecule has 0 radical (unpaired) electrons. The van der Waals surface area contributed by atoms with E-state index in [0.29, 0.717) is 0 Å². The molecule has 4 heterocycles. The number of rotatable bonds is 4. The number of fused-ring (bicyclic) bond motifs is 12. The predicted molar refractivity (Wildman–Crippen MR) is 275 cm³/mol. The predicted octanol–water partition coefficient (Wildman–Crippen LogP) is 15.3. The number of nitrogens with one attached hydrogen (secondary N) is 2. The number of benzene rings is 9. The van der Waals surface area contributed by atoms with Crippen molar-refractivity contribution in [3.8, 4) is 33.6 Å². The van der Waals surface area contributed by atoms with Crippen molar-refractivity contribution >= 4 is 54.4 Å². The SMILES string of the molecule is CC.CC.CN1C(c2ccccc2)NC(c2ccccc2)NC1c1ccc(-n2c3ccccc3c3cc4c(cc32)-c2ccccc2-n2c3ccccc3c3cccc-4c32)c2ccccc12. The van der Waals surface area contributed by atoms with Crippen LogP contribution in [0.1, 0.15) is 62.9 Å². The van der Waals surface area contributed by atoms with Crippen molar-refractivity contribution in [2.75, 3.05) is 7.05 Å². The van der Waals surface area contributed by atoms with Gasteiger partial charge >= 0.3 is 0 Å². The average molecular weight is 844 g/mol. The highest BCUT2D eigenvalue weighted by Crippen LogP contribution is 2.49. The molecule has 1 fully saturated rings. The second-order valence-electron chi connectivity index (χ2n) is 16.6. The lowest BCUT2D eigenvalue weighted by Gasteiger charge is -2.46. The van der Waals surface area contributed by atoms with E-state index in [9.17, 15) is 0 Å². The van der Waals surface area contributed by atoms with Crippen LogP contribution in [-0.2, 0) is 0 Å². The molecular weight excluding hydrogens is 791 g/mol. The molecule has 2 N–H and O–H groups in total. The van der Waals surface area contributed by atoms with Crippen LogP contribution in [0.3, 0.4) is 0 Å². The summed E-state index contributed by atoms with van der Waals surface area (Å²) in [5.41, 5.74) is 16.0. The van der Waals surface area contributed by atoms with Gasteiger partial charge < -0.3 is 9.13 Å². The number of para-hydroxylation sites is 4. The van der Waals surface area contributed by atoms with Crippen LogP contribution >= 0.6 is 0 Å². The first-order valence-corrected chi connectivity index (χ1v) is 23.3. The Balaban J connectivity index is 0.00000114. The molecule has 9 aromatic carbocycles. The summed E-state index contributed by atoms with van der Waals surface area (Å²) in [6, 6.07) is 73.7. The minimum atomic E-state index is -0.0716. The van der Waals surface area contributed by atoms with Crippen molar-refractivity contribution in [3.05, 3.63) is 217 Å². The summed E-state index contributed by atoms with van der Waals surface area (Å²) in [7, 11) is 2.22. The van der Waals surface area contributed by atoms with Crippen molar-refractivity contribution in [1.82, 2.24) is 24.7 Å². The molecule has 0 amide bonds. The van der Waals surface area contributed by atoms with E-state index < -0.39 is 0 Å². The minimum absolute atomic E-state index is 0.00230. The molecule has 11 aromatic rings. The van der Waals surface area contributed by atoms with E-state index >= 15 is 0 Å². The second-order valence-corrected chi connectivity index (χ2v) is 16.6. The maximum Gasteiger partial charge on any atom is 0.0893 e. The third-order valence-electron chi connectivity index (χ3n) is 13.4. The monoisotopic (exact) mass is 843 g/mol. The molecular formula is C60H53N5. The molecule has 318 valence electrons. The number of hydrogen-bond acceptors (Lipinski definition) is 3. The van der Waals surface area contributed by atoms with Crippen LogP contribution in [0.2, 0.25) is 0 Å². The first-order chi connectivity index (χ1) is 32.2. The number of aromatic nitrogens is 2. The maximum atomic E-state index is 4.02. The molecule has 3 unspecified atom stereocenters. The first kappa shape index (κ1) is 40.5. The zero-order chi connectivity index (χ0) is 44.2. The molecule has 5 heteroatoms. The Bertz CT molecular complexity index is 3530. The molecule has 2 aliphatic heterocycles. The lowest BCUT2D eigenvalue weighted by molar-refractivity contribution is 0.0423. The summed E-state index contributed by atoms with van der Waals surface area (Å²) < 4.78 is 5.01. The zero-order valence-corrected chi connectivity index (χ0v) is 37.6. The highest BCUT2D eigenvalue weighted by Gasteiger charge is 2.36. The van der Waals surface area contributed by atoms with Crippen molar-refractivity contribution in [1.29, 1.82) is 0 Å². The lowest BCUT2D eigenvalue weighted by atomic mass is 9.92. The van der Waals surface area contributed by atoms with E-state index in [-0.39, 0.29) is 18.5 Å². The summed E-state index contributed by atoms with van der Waals surface area (Å²) in [5.74, 6) is 0. The van der Waals surface area contributed by atoms with Gasteiger partial charge in [-0.15, -0.1) is 0 Å². The van der Waals surface area contributed by atoms with Gasteiger partial charge in [-0.1, -0.05) is 191 Å². The average Bonchev–Trinajstić information content (AvgIpc) is 3.86. The van der Waals surface area contributed by atoms with E-state index in [1.807, 2.05) is 27.7 Å². The van der Waals surface area contributed by atoms with E-state index in [1.165, 1.54) is 105 Å². The van der Waals surface area contributed by atoms with Crippen LogP contribution in [0.4, 0.5) is 0 Å². The quantitative estimate of drug-likeness (QED) is 0.185. The van der Waals surface area contributed by atoms with Crippen LogP contribution < -0.4 is 10.6 Å². The van der Waals surface area contributed by atoms with Crippen LogP contribution in [-0.4, -0.2) is 21.1 Å². The summed E-state index contributed by atoms with van der Waals surface area (Å²) >= 11 is 0. The smallest absolute Gasteiger partial charge is 0.0893 e. The van der Waals surface area contributed by atoms with Crippen molar-refractivity contribution in [2.45, 2.75) is 46.2 Å². The van der Waals surface area contributed by atoms with Crippen LogP contribution in [0.5, 0.6) is 0 Å². The summed E-state index contributed by atoms with van der Waals surface area (Å²) in [6.07, 6.45) is -0.123. The molecule has 1 saturated heterocycles. The largest absolute Gasteiger partial charge is 0.309 e. The molecule has 5 nitrogen and oxygen atoms in total. The van der Waals surface area contributed by atoms with Crippen molar-refractivity contribution < 1.29 is 0 Å². The molecule has 3 atom stereocenters.